The van der Waals surface area contributed by atoms with E-state index in [2.05, 4.69) is 0 Å². The molecule has 6 nitrogen and oxygen atoms in total. The molecule has 1 unspecified atom stereocenters. The molecule has 0 amide bonds. The van der Waals surface area contributed by atoms with Gasteiger partial charge in [-0.25, -0.2) is 8.42 Å². The number of nitro groups is 1. The first-order chi connectivity index (χ1) is 10.4. The van der Waals surface area contributed by atoms with Crippen LogP contribution in [0.5, 0.6) is 0 Å². The van der Waals surface area contributed by atoms with Crippen molar-refractivity contribution in [3.63, 3.8) is 0 Å². The molecule has 1 heterocycles. The highest BCUT2D eigenvalue weighted by Crippen LogP contribution is 2.46. The molecule has 0 radical (unpaired) electrons. The zero-order chi connectivity index (χ0) is 16.0. The van der Waals surface area contributed by atoms with Crippen molar-refractivity contribution in [1.29, 1.82) is 0 Å². The molecule has 2 aromatic carbocycles. The van der Waals surface area contributed by atoms with Gasteiger partial charge >= 0.3 is 0 Å². The minimum absolute atomic E-state index is 0.0674. The lowest BCUT2D eigenvalue weighted by Crippen LogP contribution is -2.19. The lowest BCUT2D eigenvalue weighted by Gasteiger charge is -2.13. The molecule has 0 N–H and O–H groups in total. The van der Waals surface area contributed by atoms with Gasteiger partial charge in [-0.05, 0) is 24.6 Å². The van der Waals surface area contributed by atoms with Gasteiger partial charge in [0.05, 0.1) is 15.4 Å². The van der Waals surface area contributed by atoms with Crippen LogP contribution in [0.4, 0.5) is 5.69 Å². The molecular weight excluding hydrogens is 304 g/mol. The Labute approximate surface area is 128 Å². The van der Waals surface area contributed by atoms with Gasteiger partial charge in [-0.1, -0.05) is 30.3 Å². The Morgan fingerprint density at radius 1 is 1.09 bits per heavy atom. The Morgan fingerprint density at radius 3 is 2.23 bits per heavy atom. The van der Waals surface area contributed by atoms with Gasteiger partial charge in [0.25, 0.3) is 5.69 Å². The molecule has 7 heteroatoms. The second kappa shape index (κ2) is 4.89. The van der Waals surface area contributed by atoms with Gasteiger partial charge in [-0.15, -0.1) is 0 Å². The molecule has 0 aromatic heterocycles. The van der Waals surface area contributed by atoms with E-state index in [1.165, 1.54) is 28.6 Å². The van der Waals surface area contributed by atoms with E-state index in [0.717, 1.165) is 5.56 Å². The summed E-state index contributed by atoms with van der Waals surface area (Å²) in [5, 5.41) is 10.6. The number of rotatable bonds is 4. The van der Waals surface area contributed by atoms with Crippen LogP contribution in [-0.2, 0) is 15.6 Å². The number of benzene rings is 2. The quantitative estimate of drug-likeness (QED) is 0.493. The molecule has 1 aliphatic heterocycles. The summed E-state index contributed by atoms with van der Waals surface area (Å²) in [6.07, 6.45) is 0. The summed E-state index contributed by atoms with van der Waals surface area (Å²) in [7, 11) is -3.65. The van der Waals surface area contributed by atoms with Crippen LogP contribution in [0.2, 0.25) is 0 Å². The Balaban J connectivity index is 1.91. The van der Waals surface area contributed by atoms with Crippen LogP contribution in [-0.4, -0.2) is 24.2 Å². The fraction of sp³-hybridized carbons (Fsp3) is 0.200. The first-order valence-corrected chi connectivity index (χ1v) is 8.12. The summed E-state index contributed by atoms with van der Waals surface area (Å²) >= 11 is 0. The van der Waals surface area contributed by atoms with Gasteiger partial charge in [0.15, 0.2) is 0 Å². The maximum atomic E-state index is 12.6. The normalized spacial score (nSPS) is 24.0. The highest BCUT2D eigenvalue weighted by molar-refractivity contribution is 7.89. The molecule has 0 aliphatic carbocycles. The molecule has 0 saturated carbocycles. The molecule has 22 heavy (non-hydrogen) atoms. The monoisotopic (exact) mass is 318 g/mol. The largest absolute Gasteiger partial charge is 0.269 e. The number of hydrogen-bond acceptors (Lipinski definition) is 4. The van der Waals surface area contributed by atoms with Crippen LogP contribution in [0, 0.1) is 10.1 Å². The average molecular weight is 318 g/mol. The van der Waals surface area contributed by atoms with E-state index in [9.17, 15) is 18.5 Å². The average Bonchev–Trinajstić information content (AvgIpc) is 3.23. The van der Waals surface area contributed by atoms with Gasteiger partial charge < -0.3 is 0 Å². The van der Waals surface area contributed by atoms with E-state index in [0.29, 0.717) is 6.54 Å². The minimum atomic E-state index is -3.65. The summed E-state index contributed by atoms with van der Waals surface area (Å²) in [5.74, 6) is 0. The molecule has 1 aliphatic rings. The van der Waals surface area contributed by atoms with Crippen LogP contribution in [0.3, 0.4) is 0 Å². The van der Waals surface area contributed by atoms with Crippen LogP contribution in [0.1, 0.15) is 12.5 Å². The van der Waals surface area contributed by atoms with Crippen molar-refractivity contribution in [3.8, 4) is 0 Å². The predicted molar refractivity (Wildman–Crippen MR) is 80.8 cm³/mol. The highest BCUT2D eigenvalue weighted by atomic mass is 32.2. The highest BCUT2D eigenvalue weighted by Gasteiger charge is 2.56. The van der Waals surface area contributed by atoms with Crippen molar-refractivity contribution in [3.05, 3.63) is 70.3 Å². The lowest BCUT2D eigenvalue weighted by molar-refractivity contribution is -0.384. The molecule has 1 saturated heterocycles. The van der Waals surface area contributed by atoms with Gasteiger partial charge in [0, 0.05) is 18.7 Å². The van der Waals surface area contributed by atoms with Crippen molar-refractivity contribution in [2.75, 3.05) is 6.54 Å². The van der Waals surface area contributed by atoms with Gasteiger partial charge in [0.2, 0.25) is 10.0 Å². The van der Waals surface area contributed by atoms with Crippen molar-refractivity contribution >= 4 is 15.7 Å². The first kappa shape index (κ1) is 14.7. The van der Waals surface area contributed by atoms with E-state index in [1.807, 2.05) is 37.3 Å². The number of nitro benzene ring substituents is 1. The molecule has 1 fully saturated rings. The van der Waals surface area contributed by atoms with E-state index >= 15 is 0 Å². The summed E-state index contributed by atoms with van der Waals surface area (Å²) < 4.78 is 26.6. The van der Waals surface area contributed by atoms with E-state index in [-0.39, 0.29) is 10.6 Å². The van der Waals surface area contributed by atoms with Gasteiger partial charge in [0.1, 0.15) is 0 Å². The van der Waals surface area contributed by atoms with E-state index < -0.39 is 20.5 Å². The third-order valence-corrected chi connectivity index (χ3v) is 5.91. The fourth-order valence-corrected chi connectivity index (χ4v) is 4.29. The van der Waals surface area contributed by atoms with E-state index in [4.69, 9.17) is 0 Å². The Hall–Kier alpha value is -2.25. The van der Waals surface area contributed by atoms with Crippen molar-refractivity contribution in [2.24, 2.45) is 0 Å². The minimum Gasteiger partial charge on any atom is -0.258 e. The van der Waals surface area contributed by atoms with Crippen LogP contribution in [0.25, 0.3) is 0 Å². The van der Waals surface area contributed by atoms with Crippen LogP contribution in [0.15, 0.2) is 59.5 Å². The van der Waals surface area contributed by atoms with Crippen molar-refractivity contribution in [1.82, 2.24) is 4.31 Å². The number of sulfonamides is 1. The smallest absolute Gasteiger partial charge is 0.258 e. The molecule has 2 aromatic rings. The predicted octanol–water partition coefficient (Wildman–Crippen LogP) is 2.51. The molecule has 3 rings (SSSR count). The summed E-state index contributed by atoms with van der Waals surface area (Å²) in [5.41, 5.74) is 0.248. The van der Waals surface area contributed by atoms with Crippen LogP contribution >= 0.6 is 0 Å². The second-order valence-electron chi connectivity index (χ2n) is 5.40. The topological polar surface area (TPSA) is 80.3 Å². The van der Waals surface area contributed by atoms with E-state index in [1.54, 1.807) is 0 Å². The zero-order valence-corrected chi connectivity index (χ0v) is 12.7. The Bertz CT molecular complexity index is 818. The standard InChI is InChI=1S/C15H14N2O4S/c1-15(12-5-3-2-4-6-12)11-16(15)22(20,21)14-9-7-13(8-10-14)17(18)19/h2-10H,11H2,1H3/t15-,16?/m1/s1. The maximum absolute atomic E-state index is 12.6. The van der Waals surface area contributed by atoms with Gasteiger partial charge in [-0.3, -0.25) is 10.1 Å². The molecule has 0 spiro atoms. The number of hydrogen-bond donors (Lipinski definition) is 0. The van der Waals surface area contributed by atoms with Gasteiger partial charge in [-0.2, -0.15) is 4.31 Å². The fourth-order valence-electron chi connectivity index (χ4n) is 2.49. The summed E-state index contributed by atoms with van der Waals surface area (Å²) in [4.78, 5) is 10.2. The van der Waals surface area contributed by atoms with Crippen LogP contribution < -0.4 is 0 Å². The summed E-state index contributed by atoms with van der Waals surface area (Å²) in [6, 6.07) is 14.4. The molecule has 114 valence electrons. The second-order valence-corrected chi connectivity index (χ2v) is 7.26. The van der Waals surface area contributed by atoms with Crippen molar-refractivity contribution in [2.45, 2.75) is 17.4 Å². The first-order valence-electron chi connectivity index (χ1n) is 6.68. The van der Waals surface area contributed by atoms with Crippen molar-refractivity contribution < 1.29 is 13.3 Å². The lowest BCUT2D eigenvalue weighted by atomic mass is 10.0. The number of nitrogens with zero attached hydrogens (tertiary/aromatic N) is 2. The third-order valence-electron chi connectivity index (χ3n) is 3.93. The molecular formula is C15H14N2O4S. The SMILES string of the molecule is C[C@]1(c2ccccc2)CN1S(=O)(=O)c1ccc([N+](=O)[O-])cc1. The third kappa shape index (κ3) is 2.28. The Morgan fingerprint density at radius 2 is 1.68 bits per heavy atom. The molecule has 0 bridgehead atoms. The summed E-state index contributed by atoms with van der Waals surface area (Å²) in [6.45, 7) is 2.27. The number of non-ortho nitro benzene ring substituents is 1. The zero-order valence-electron chi connectivity index (χ0n) is 11.8. The molecule has 2 atom stereocenters. The maximum Gasteiger partial charge on any atom is 0.269 e. The Kier molecular flexibility index (Phi) is 3.26.